The zero-order valence-electron chi connectivity index (χ0n) is 9.82. The van der Waals surface area contributed by atoms with Gasteiger partial charge in [0.15, 0.2) is 0 Å². The molecule has 2 N–H and O–H groups in total. The molecule has 0 spiro atoms. The zero-order chi connectivity index (χ0) is 13.8. The molecule has 3 nitrogen and oxygen atoms in total. The number of amides is 1. The Balaban J connectivity index is 2.08. The van der Waals surface area contributed by atoms with Crippen molar-refractivity contribution in [2.45, 2.75) is 6.42 Å². The highest BCUT2D eigenvalue weighted by Gasteiger charge is 2.13. The van der Waals surface area contributed by atoms with Crippen LogP contribution in [0.3, 0.4) is 0 Å². The lowest BCUT2D eigenvalue weighted by molar-refractivity contribution is 0.102. The van der Waals surface area contributed by atoms with E-state index in [1.807, 2.05) is 24.3 Å². The third kappa shape index (κ3) is 3.89. The van der Waals surface area contributed by atoms with E-state index in [-0.39, 0.29) is 12.5 Å². The van der Waals surface area contributed by atoms with Crippen molar-refractivity contribution in [2.24, 2.45) is 0 Å². The van der Waals surface area contributed by atoms with Crippen molar-refractivity contribution >= 4 is 54.8 Å². The van der Waals surface area contributed by atoms with Gasteiger partial charge in [0.25, 0.3) is 5.91 Å². The van der Waals surface area contributed by atoms with Gasteiger partial charge in [-0.1, -0.05) is 12.1 Å². The summed E-state index contributed by atoms with van der Waals surface area (Å²) in [6, 6.07) is 9.23. The van der Waals surface area contributed by atoms with Gasteiger partial charge < -0.3 is 10.4 Å². The number of halogens is 2. The van der Waals surface area contributed by atoms with Crippen LogP contribution in [0.15, 0.2) is 37.9 Å². The average molecular weight is 405 g/mol. The number of benzene rings is 1. The van der Waals surface area contributed by atoms with Crippen molar-refractivity contribution < 1.29 is 9.90 Å². The molecule has 0 aliphatic heterocycles. The van der Waals surface area contributed by atoms with E-state index in [0.717, 1.165) is 18.8 Å². The van der Waals surface area contributed by atoms with Crippen molar-refractivity contribution in [3.8, 4) is 0 Å². The monoisotopic (exact) mass is 403 g/mol. The Kier molecular flexibility index (Phi) is 5.15. The van der Waals surface area contributed by atoms with Crippen LogP contribution in [0, 0.1) is 0 Å². The van der Waals surface area contributed by atoms with Gasteiger partial charge in [-0.3, -0.25) is 4.79 Å². The third-order valence-corrected chi connectivity index (χ3v) is 4.85. The zero-order valence-corrected chi connectivity index (χ0v) is 13.8. The molecule has 0 saturated carbocycles. The predicted octanol–water partition coefficient (Wildman–Crippen LogP) is 4.06. The SMILES string of the molecule is O=C(Nc1ccc(CCO)cc1)c1cc(Br)sc1Br. The molecule has 1 aromatic heterocycles. The van der Waals surface area contributed by atoms with Crippen molar-refractivity contribution in [1.29, 1.82) is 0 Å². The van der Waals surface area contributed by atoms with Crippen molar-refractivity contribution in [3.63, 3.8) is 0 Å². The summed E-state index contributed by atoms with van der Waals surface area (Å²) < 4.78 is 1.71. The Morgan fingerprint density at radius 2 is 1.95 bits per heavy atom. The first-order valence-electron chi connectivity index (χ1n) is 5.56. The van der Waals surface area contributed by atoms with Crippen LogP contribution in [0.5, 0.6) is 0 Å². The summed E-state index contributed by atoms with van der Waals surface area (Å²) in [5.74, 6) is -0.149. The van der Waals surface area contributed by atoms with Gasteiger partial charge >= 0.3 is 0 Å². The highest BCUT2D eigenvalue weighted by Crippen LogP contribution is 2.32. The number of rotatable bonds is 4. The van der Waals surface area contributed by atoms with E-state index in [9.17, 15) is 4.79 Å². The second-order valence-electron chi connectivity index (χ2n) is 3.86. The standard InChI is InChI=1S/C13H11Br2NO2S/c14-11-7-10(12(15)19-11)13(18)16-9-3-1-8(2-4-9)5-6-17/h1-4,7,17H,5-6H2,(H,16,18). The largest absolute Gasteiger partial charge is 0.396 e. The van der Waals surface area contributed by atoms with Crippen LogP contribution >= 0.6 is 43.2 Å². The Morgan fingerprint density at radius 3 is 2.47 bits per heavy atom. The van der Waals surface area contributed by atoms with Crippen LogP contribution in [0.25, 0.3) is 0 Å². The lowest BCUT2D eigenvalue weighted by Crippen LogP contribution is -2.11. The molecule has 0 atom stereocenters. The summed E-state index contributed by atoms with van der Waals surface area (Å²) in [7, 11) is 0. The fraction of sp³-hybridized carbons (Fsp3) is 0.154. The van der Waals surface area contributed by atoms with Gasteiger partial charge in [-0.15, -0.1) is 11.3 Å². The van der Waals surface area contributed by atoms with Crippen molar-refractivity contribution in [1.82, 2.24) is 0 Å². The average Bonchev–Trinajstić information content (AvgIpc) is 2.71. The first kappa shape index (κ1) is 14.7. The molecule has 0 bridgehead atoms. The van der Waals surface area contributed by atoms with Gasteiger partial charge in [0, 0.05) is 12.3 Å². The molecule has 0 aliphatic carbocycles. The van der Waals surface area contributed by atoms with Crippen LogP contribution in [0.1, 0.15) is 15.9 Å². The first-order chi connectivity index (χ1) is 9.10. The lowest BCUT2D eigenvalue weighted by Gasteiger charge is -2.05. The van der Waals surface area contributed by atoms with Gasteiger partial charge in [-0.2, -0.15) is 0 Å². The third-order valence-electron chi connectivity index (χ3n) is 2.51. The summed E-state index contributed by atoms with van der Waals surface area (Å²) in [5, 5.41) is 11.7. The Hall–Kier alpha value is -0.690. The lowest BCUT2D eigenvalue weighted by atomic mass is 10.1. The number of nitrogens with one attached hydrogen (secondary N) is 1. The van der Waals surface area contributed by atoms with Crippen molar-refractivity contribution in [3.05, 3.63) is 49.0 Å². The number of hydrogen-bond acceptors (Lipinski definition) is 3. The topological polar surface area (TPSA) is 49.3 Å². The molecule has 100 valence electrons. The van der Waals surface area contributed by atoms with E-state index in [4.69, 9.17) is 5.11 Å². The van der Waals surface area contributed by atoms with E-state index >= 15 is 0 Å². The number of anilines is 1. The second-order valence-corrected chi connectivity index (χ2v) is 7.61. The molecule has 0 saturated heterocycles. The summed E-state index contributed by atoms with van der Waals surface area (Å²) in [6.45, 7) is 0.127. The maximum atomic E-state index is 12.1. The van der Waals surface area contributed by atoms with Gasteiger partial charge in [-0.25, -0.2) is 0 Å². The number of carbonyl (C=O) groups is 1. The molecular weight excluding hydrogens is 394 g/mol. The Bertz CT molecular complexity index is 581. The van der Waals surface area contributed by atoms with Gasteiger partial charge in [-0.05, 0) is 62.0 Å². The quantitative estimate of drug-likeness (QED) is 0.807. The van der Waals surface area contributed by atoms with Crippen molar-refractivity contribution in [2.75, 3.05) is 11.9 Å². The van der Waals surface area contributed by atoms with Gasteiger partial charge in [0.05, 0.1) is 13.1 Å². The molecule has 0 radical (unpaired) electrons. The van der Waals surface area contributed by atoms with E-state index < -0.39 is 0 Å². The number of thiophene rings is 1. The minimum absolute atomic E-state index is 0.127. The van der Waals surface area contributed by atoms with E-state index in [1.54, 1.807) is 6.07 Å². The molecule has 1 aromatic carbocycles. The smallest absolute Gasteiger partial charge is 0.257 e. The molecule has 0 aliphatic rings. The first-order valence-corrected chi connectivity index (χ1v) is 7.96. The Labute approximate surface area is 131 Å². The van der Waals surface area contributed by atoms with Crippen LogP contribution in [0.2, 0.25) is 0 Å². The Morgan fingerprint density at radius 1 is 1.26 bits per heavy atom. The van der Waals surface area contributed by atoms with E-state index in [2.05, 4.69) is 37.2 Å². The summed E-state index contributed by atoms with van der Waals surface area (Å²) >= 11 is 8.17. The number of aliphatic hydroxyl groups excluding tert-OH is 1. The predicted molar refractivity (Wildman–Crippen MR) is 84.9 cm³/mol. The van der Waals surface area contributed by atoms with Gasteiger partial charge in [0.1, 0.15) is 0 Å². The normalized spacial score (nSPS) is 10.5. The highest BCUT2D eigenvalue weighted by atomic mass is 79.9. The molecular formula is C13H11Br2NO2S. The second kappa shape index (κ2) is 6.65. The minimum atomic E-state index is -0.149. The van der Waals surface area contributed by atoms with E-state index in [1.165, 1.54) is 11.3 Å². The number of hydrogen-bond donors (Lipinski definition) is 2. The molecule has 19 heavy (non-hydrogen) atoms. The molecule has 2 rings (SSSR count). The minimum Gasteiger partial charge on any atom is -0.396 e. The van der Waals surface area contributed by atoms with E-state index in [0.29, 0.717) is 12.0 Å². The highest BCUT2D eigenvalue weighted by molar-refractivity contribution is 9.12. The van der Waals surface area contributed by atoms with Crippen LogP contribution in [-0.2, 0) is 6.42 Å². The van der Waals surface area contributed by atoms with Crippen LogP contribution in [0.4, 0.5) is 5.69 Å². The molecule has 1 amide bonds. The summed E-state index contributed by atoms with van der Waals surface area (Å²) in [5.41, 5.74) is 2.39. The summed E-state index contributed by atoms with van der Waals surface area (Å²) in [4.78, 5) is 12.1. The molecule has 2 aromatic rings. The molecule has 0 fully saturated rings. The molecule has 0 unspecified atom stereocenters. The fourth-order valence-electron chi connectivity index (χ4n) is 1.58. The van der Waals surface area contributed by atoms with Crippen LogP contribution < -0.4 is 5.32 Å². The summed E-state index contributed by atoms with van der Waals surface area (Å²) in [6.07, 6.45) is 0.622. The molecule has 6 heteroatoms. The fourth-order valence-corrected chi connectivity index (χ4v) is 4.37. The number of carbonyl (C=O) groups excluding carboxylic acids is 1. The number of aliphatic hydroxyl groups is 1. The van der Waals surface area contributed by atoms with Crippen LogP contribution in [-0.4, -0.2) is 17.6 Å². The maximum Gasteiger partial charge on any atom is 0.257 e. The molecule has 1 heterocycles. The van der Waals surface area contributed by atoms with Gasteiger partial charge in [0.2, 0.25) is 0 Å². The maximum absolute atomic E-state index is 12.1.